The lowest BCUT2D eigenvalue weighted by Crippen LogP contribution is -2.10. The Labute approximate surface area is 63.8 Å². The molecule has 3 nitrogen and oxygen atoms in total. The quantitative estimate of drug-likeness (QED) is 0.707. The molecule has 0 aliphatic carbocycles. The maximum absolute atomic E-state index is 5.24. The van der Waals surface area contributed by atoms with Crippen LogP contribution in [0.3, 0.4) is 0 Å². The van der Waals surface area contributed by atoms with E-state index in [2.05, 4.69) is 4.98 Å². The summed E-state index contributed by atoms with van der Waals surface area (Å²) in [6.07, 6.45) is 0. The van der Waals surface area contributed by atoms with Crippen LogP contribution in [0.15, 0.2) is 5.38 Å². The second-order valence-corrected chi connectivity index (χ2v) is 2.71. The fourth-order valence-corrected chi connectivity index (χ4v) is 1.22. The Balaban J connectivity index is 2.42. The molecule has 1 aromatic rings. The highest BCUT2D eigenvalue weighted by Crippen LogP contribution is 2.16. The monoisotopic (exact) mass is 158 g/mol. The highest BCUT2D eigenvalue weighted by Gasteiger charge is 1.96. The number of rotatable bonds is 3. The van der Waals surface area contributed by atoms with E-state index in [-0.39, 0.29) is 0 Å². The molecule has 0 saturated carbocycles. The van der Waals surface area contributed by atoms with Crippen LogP contribution in [-0.4, -0.2) is 18.1 Å². The third kappa shape index (κ3) is 1.97. The largest absolute Gasteiger partial charge is 0.469 e. The van der Waals surface area contributed by atoms with Crippen molar-refractivity contribution in [2.75, 3.05) is 13.2 Å². The summed E-state index contributed by atoms with van der Waals surface area (Å²) < 4.78 is 5.16. The van der Waals surface area contributed by atoms with E-state index in [1.165, 1.54) is 11.3 Å². The molecule has 0 spiro atoms. The van der Waals surface area contributed by atoms with Gasteiger partial charge in [-0.15, -0.1) is 0 Å². The summed E-state index contributed by atoms with van der Waals surface area (Å²) in [7, 11) is 0. The van der Waals surface area contributed by atoms with Crippen LogP contribution in [0.5, 0.6) is 5.19 Å². The van der Waals surface area contributed by atoms with E-state index in [0.717, 1.165) is 5.69 Å². The first-order valence-electron chi connectivity index (χ1n) is 3.08. The number of hydrogen-bond acceptors (Lipinski definition) is 4. The Bertz CT molecular complexity index is 199. The molecule has 0 bridgehead atoms. The second kappa shape index (κ2) is 3.53. The molecule has 1 aromatic heterocycles. The molecule has 0 aliphatic heterocycles. The number of ether oxygens (including phenoxy) is 1. The molecule has 2 N–H and O–H groups in total. The molecule has 0 atom stereocenters. The highest BCUT2D eigenvalue weighted by atomic mass is 32.1. The Kier molecular flexibility index (Phi) is 2.65. The fourth-order valence-electron chi connectivity index (χ4n) is 0.545. The topological polar surface area (TPSA) is 48.1 Å². The van der Waals surface area contributed by atoms with Crippen LogP contribution >= 0.6 is 11.3 Å². The highest BCUT2D eigenvalue weighted by molar-refractivity contribution is 7.11. The van der Waals surface area contributed by atoms with Crippen LogP contribution < -0.4 is 10.5 Å². The maximum Gasteiger partial charge on any atom is 0.273 e. The molecule has 0 amide bonds. The summed E-state index contributed by atoms with van der Waals surface area (Å²) in [6, 6.07) is 0. The zero-order valence-electron chi connectivity index (χ0n) is 5.83. The molecule has 0 unspecified atom stereocenters. The average molecular weight is 158 g/mol. The Morgan fingerprint density at radius 3 is 3.10 bits per heavy atom. The molecule has 0 aliphatic rings. The van der Waals surface area contributed by atoms with Gasteiger partial charge in [-0.05, 0) is 6.92 Å². The van der Waals surface area contributed by atoms with Crippen molar-refractivity contribution in [1.82, 2.24) is 4.98 Å². The Morgan fingerprint density at radius 2 is 2.60 bits per heavy atom. The van der Waals surface area contributed by atoms with Crippen LogP contribution in [0, 0.1) is 6.92 Å². The Morgan fingerprint density at radius 1 is 1.80 bits per heavy atom. The standard InChI is InChI=1S/C6H10N2OS/c1-5-4-10-6(8-5)9-3-2-7/h4H,2-3,7H2,1H3. The van der Waals surface area contributed by atoms with Crippen LogP contribution in [0.25, 0.3) is 0 Å². The van der Waals surface area contributed by atoms with Gasteiger partial charge in [0.2, 0.25) is 0 Å². The van der Waals surface area contributed by atoms with E-state index in [1.54, 1.807) is 0 Å². The number of hydrogen-bond donors (Lipinski definition) is 1. The van der Waals surface area contributed by atoms with Gasteiger partial charge in [-0.2, -0.15) is 0 Å². The van der Waals surface area contributed by atoms with Crippen molar-refractivity contribution < 1.29 is 4.74 Å². The van der Waals surface area contributed by atoms with Crippen LogP contribution in [0.1, 0.15) is 5.69 Å². The van der Waals surface area contributed by atoms with E-state index in [9.17, 15) is 0 Å². The smallest absolute Gasteiger partial charge is 0.273 e. The third-order valence-corrected chi connectivity index (χ3v) is 1.81. The summed E-state index contributed by atoms with van der Waals surface area (Å²) in [5.41, 5.74) is 6.23. The molecule has 4 heteroatoms. The van der Waals surface area contributed by atoms with Gasteiger partial charge in [-0.1, -0.05) is 11.3 Å². The van der Waals surface area contributed by atoms with Crippen molar-refractivity contribution in [3.8, 4) is 5.19 Å². The van der Waals surface area contributed by atoms with E-state index in [0.29, 0.717) is 18.3 Å². The molecular formula is C6H10N2OS. The van der Waals surface area contributed by atoms with E-state index >= 15 is 0 Å². The molecule has 0 fully saturated rings. The minimum Gasteiger partial charge on any atom is -0.469 e. The lowest BCUT2D eigenvalue weighted by molar-refractivity contribution is 0.326. The van der Waals surface area contributed by atoms with Gasteiger partial charge >= 0.3 is 0 Å². The molecule has 1 rings (SSSR count). The van der Waals surface area contributed by atoms with Crippen LogP contribution in [0.4, 0.5) is 0 Å². The van der Waals surface area contributed by atoms with Gasteiger partial charge in [0.15, 0.2) is 0 Å². The number of aromatic nitrogens is 1. The van der Waals surface area contributed by atoms with Gasteiger partial charge < -0.3 is 10.5 Å². The normalized spacial score (nSPS) is 9.80. The summed E-state index contributed by atoms with van der Waals surface area (Å²) in [5, 5.41) is 2.66. The lowest BCUT2D eigenvalue weighted by Gasteiger charge is -1.96. The van der Waals surface area contributed by atoms with Crippen molar-refractivity contribution in [1.29, 1.82) is 0 Å². The fraction of sp³-hybridized carbons (Fsp3) is 0.500. The molecule has 0 radical (unpaired) electrons. The molecule has 10 heavy (non-hydrogen) atoms. The van der Waals surface area contributed by atoms with Gasteiger partial charge in [0.05, 0.1) is 5.69 Å². The molecule has 0 aromatic carbocycles. The molecule has 0 saturated heterocycles. The number of aryl methyl sites for hydroxylation is 1. The van der Waals surface area contributed by atoms with Gasteiger partial charge in [0.25, 0.3) is 5.19 Å². The van der Waals surface area contributed by atoms with Gasteiger partial charge in [-0.3, -0.25) is 0 Å². The predicted molar refractivity (Wildman–Crippen MR) is 41.4 cm³/mol. The molecule has 56 valence electrons. The maximum atomic E-state index is 5.24. The van der Waals surface area contributed by atoms with Crippen molar-refractivity contribution >= 4 is 11.3 Å². The second-order valence-electron chi connectivity index (χ2n) is 1.89. The number of nitrogens with zero attached hydrogens (tertiary/aromatic N) is 1. The summed E-state index contributed by atoms with van der Waals surface area (Å²) in [6.45, 7) is 3.03. The van der Waals surface area contributed by atoms with Crippen molar-refractivity contribution in [2.24, 2.45) is 5.73 Å². The SMILES string of the molecule is Cc1csc(OCCN)n1. The van der Waals surface area contributed by atoms with E-state index in [4.69, 9.17) is 10.5 Å². The minimum atomic E-state index is 0.540. The van der Waals surface area contributed by atoms with Crippen molar-refractivity contribution in [2.45, 2.75) is 6.92 Å². The van der Waals surface area contributed by atoms with Crippen molar-refractivity contribution in [3.63, 3.8) is 0 Å². The first kappa shape index (κ1) is 7.50. The average Bonchev–Trinajstić information content (AvgIpc) is 2.31. The summed E-state index contributed by atoms with van der Waals surface area (Å²) in [5.74, 6) is 0. The van der Waals surface area contributed by atoms with Gasteiger partial charge in [0.1, 0.15) is 6.61 Å². The number of thiazole rings is 1. The van der Waals surface area contributed by atoms with Gasteiger partial charge in [-0.25, -0.2) is 4.98 Å². The third-order valence-electron chi connectivity index (χ3n) is 0.941. The van der Waals surface area contributed by atoms with Crippen LogP contribution in [0.2, 0.25) is 0 Å². The predicted octanol–water partition coefficient (Wildman–Crippen LogP) is 0.789. The first-order chi connectivity index (χ1) is 4.83. The lowest BCUT2D eigenvalue weighted by atomic mass is 10.6. The molecule has 1 heterocycles. The minimum absolute atomic E-state index is 0.540. The summed E-state index contributed by atoms with van der Waals surface area (Å²) >= 11 is 1.50. The van der Waals surface area contributed by atoms with E-state index in [1.807, 2.05) is 12.3 Å². The Hall–Kier alpha value is -0.610. The zero-order valence-corrected chi connectivity index (χ0v) is 6.65. The van der Waals surface area contributed by atoms with Crippen LogP contribution in [-0.2, 0) is 0 Å². The first-order valence-corrected chi connectivity index (χ1v) is 3.96. The van der Waals surface area contributed by atoms with Crippen molar-refractivity contribution in [3.05, 3.63) is 11.1 Å². The van der Waals surface area contributed by atoms with Gasteiger partial charge in [0, 0.05) is 11.9 Å². The molecular weight excluding hydrogens is 148 g/mol. The summed E-state index contributed by atoms with van der Waals surface area (Å²) in [4.78, 5) is 4.09. The zero-order chi connectivity index (χ0) is 7.40. The number of nitrogens with two attached hydrogens (primary N) is 1. The van der Waals surface area contributed by atoms with E-state index < -0.39 is 0 Å².